The Morgan fingerprint density at radius 3 is 2.14 bits per heavy atom. The lowest BCUT2D eigenvalue weighted by molar-refractivity contribution is 0.282. The zero-order valence-corrected chi connectivity index (χ0v) is 10.1. The minimum Gasteiger partial charge on any atom is -0.318 e. The Labute approximate surface area is 88.6 Å². The van der Waals surface area contributed by atoms with Crippen LogP contribution in [0.3, 0.4) is 0 Å². The summed E-state index contributed by atoms with van der Waals surface area (Å²) in [5, 5.41) is 6.50. The first-order valence-corrected chi connectivity index (χ1v) is 5.35. The van der Waals surface area contributed by atoms with Gasteiger partial charge in [-0.3, -0.25) is 0 Å². The van der Waals surface area contributed by atoms with E-state index in [4.69, 9.17) is 0 Å². The second-order valence-electron chi connectivity index (χ2n) is 3.96. The van der Waals surface area contributed by atoms with Crippen LogP contribution in [0.5, 0.6) is 0 Å². The first-order valence-electron chi connectivity index (χ1n) is 5.35. The van der Waals surface area contributed by atoms with Crippen molar-refractivity contribution in [3.8, 4) is 0 Å². The molecule has 0 aliphatic rings. The van der Waals surface area contributed by atoms with Crippen LogP contribution in [0, 0.1) is 0 Å². The van der Waals surface area contributed by atoms with Gasteiger partial charge in [0, 0.05) is 39.3 Å². The largest absolute Gasteiger partial charge is 0.318 e. The quantitative estimate of drug-likeness (QED) is 0.484. The topological polar surface area (TPSA) is 30.5 Å². The van der Waals surface area contributed by atoms with Crippen LogP contribution >= 0.6 is 0 Å². The number of hydrogen-bond donors (Lipinski definition) is 2. The van der Waals surface area contributed by atoms with Crippen LogP contribution in [0.2, 0.25) is 0 Å². The van der Waals surface area contributed by atoms with Gasteiger partial charge in [0.1, 0.15) is 0 Å². The third kappa shape index (κ3) is 9.92. The average molecular weight is 202 g/mol. The Hall–Kier alpha value is -0.160. The Bertz CT molecular complexity index is 117. The van der Waals surface area contributed by atoms with Crippen molar-refractivity contribution in [2.75, 3.05) is 67.5 Å². The summed E-state index contributed by atoms with van der Waals surface area (Å²) in [6, 6.07) is 0. The molecule has 0 aromatic heterocycles. The van der Waals surface area contributed by atoms with E-state index < -0.39 is 0 Å². The maximum atomic E-state index is 3.39. The van der Waals surface area contributed by atoms with Crippen LogP contribution in [0.4, 0.5) is 0 Å². The van der Waals surface area contributed by atoms with E-state index in [1.807, 2.05) is 7.05 Å². The number of nitrogens with zero attached hydrogens (tertiary/aromatic N) is 2. The van der Waals surface area contributed by atoms with E-state index in [1.165, 1.54) is 0 Å². The first-order chi connectivity index (χ1) is 6.66. The molecule has 0 heterocycles. The maximum absolute atomic E-state index is 3.39. The SMILES string of the molecule is CNCCNCCN(C)CCN(C)C. The second-order valence-corrected chi connectivity index (χ2v) is 3.96. The summed E-state index contributed by atoms with van der Waals surface area (Å²) in [6.45, 7) is 6.57. The van der Waals surface area contributed by atoms with Gasteiger partial charge in [0.25, 0.3) is 0 Å². The summed E-state index contributed by atoms with van der Waals surface area (Å²) in [5.41, 5.74) is 0. The Balaban J connectivity index is 3.14. The molecule has 0 saturated heterocycles. The molecule has 0 spiro atoms. The minimum atomic E-state index is 1.04. The number of likely N-dealkylation sites (N-methyl/N-ethyl adjacent to an activating group) is 3. The van der Waals surface area contributed by atoms with Crippen LogP contribution in [0.25, 0.3) is 0 Å². The molecule has 0 aliphatic heterocycles. The van der Waals surface area contributed by atoms with Crippen molar-refractivity contribution in [3.05, 3.63) is 0 Å². The van der Waals surface area contributed by atoms with Gasteiger partial charge in [0.2, 0.25) is 0 Å². The van der Waals surface area contributed by atoms with Crippen LogP contribution < -0.4 is 10.6 Å². The molecular weight excluding hydrogens is 176 g/mol. The number of rotatable bonds is 9. The van der Waals surface area contributed by atoms with Crippen molar-refractivity contribution in [3.63, 3.8) is 0 Å². The van der Waals surface area contributed by atoms with Gasteiger partial charge in [-0.2, -0.15) is 0 Å². The molecule has 0 atom stereocenters. The molecule has 0 unspecified atom stereocenters. The molecule has 0 aromatic carbocycles. The van der Waals surface area contributed by atoms with E-state index in [2.05, 4.69) is 41.6 Å². The van der Waals surface area contributed by atoms with Gasteiger partial charge in [0.15, 0.2) is 0 Å². The molecule has 0 aliphatic carbocycles. The number of hydrogen-bond acceptors (Lipinski definition) is 4. The molecule has 86 valence electrons. The van der Waals surface area contributed by atoms with E-state index in [0.29, 0.717) is 0 Å². The highest BCUT2D eigenvalue weighted by Crippen LogP contribution is 1.82. The van der Waals surface area contributed by atoms with E-state index in [-0.39, 0.29) is 0 Å². The van der Waals surface area contributed by atoms with Crippen LogP contribution in [-0.2, 0) is 0 Å². The molecule has 0 bridgehead atoms. The molecule has 2 N–H and O–H groups in total. The van der Waals surface area contributed by atoms with Crippen molar-refractivity contribution in [1.29, 1.82) is 0 Å². The third-order valence-corrected chi connectivity index (χ3v) is 2.15. The fraction of sp³-hybridized carbons (Fsp3) is 1.00. The normalized spacial score (nSPS) is 11.6. The van der Waals surface area contributed by atoms with Crippen molar-refractivity contribution >= 4 is 0 Å². The molecule has 4 nitrogen and oxygen atoms in total. The summed E-state index contributed by atoms with van der Waals surface area (Å²) >= 11 is 0. The molecule has 0 fully saturated rings. The Morgan fingerprint density at radius 1 is 0.857 bits per heavy atom. The molecule has 14 heavy (non-hydrogen) atoms. The van der Waals surface area contributed by atoms with Gasteiger partial charge in [0.05, 0.1) is 0 Å². The third-order valence-electron chi connectivity index (χ3n) is 2.15. The molecular formula is C10H26N4. The van der Waals surface area contributed by atoms with Crippen molar-refractivity contribution in [2.45, 2.75) is 0 Å². The molecule has 0 amide bonds. The fourth-order valence-electron chi connectivity index (χ4n) is 1.09. The van der Waals surface area contributed by atoms with E-state index in [9.17, 15) is 0 Å². The fourth-order valence-corrected chi connectivity index (χ4v) is 1.09. The van der Waals surface area contributed by atoms with Crippen LogP contribution in [-0.4, -0.2) is 77.3 Å². The molecule has 0 radical (unpaired) electrons. The van der Waals surface area contributed by atoms with Crippen LogP contribution in [0.15, 0.2) is 0 Å². The van der Waals surface area contributed by atoms with Crippen molar-refractivity contribution in [1.82, 2.24) is 20.4 Å². The lowest BCUT2D eigenvalue weighted by Crippen LogP contribution is -2.35. The van der Waals surface area contributed by atoms with Gasteiger partial charge in [-0.25, -0.2) is 0 Å². The zero-order chi connectivity index (χ0) is 10.8. The van der Waals surface area contributed by atoms with Gasteiger partial charge in [-0.1, -0.05) is 0 Å². The second kappa shape index (κ2) is 9.40. The molecule has 0 rings (SSSR count). The van der Waals surface area contributed by atoms with Gasteiger partial charge in [-0.05, 0) is 28.2 Å². The maximum Gasteiger partial charge on any atom is 0.0107 e. The van der Waals surface area contributed by atoms with E-state index in [1.54, 1.807) is 0 Å². The monoisotopic (exact) mass is 202 g/mol. The van der Waals surface area contributed by atoms with Gasteiger partial charge >= 0.3 is 0 Å². The summed E-state index contributed by atoms with van der Waals surface area (Å²) in [5.74, 6) is 0. The zero-order valence-electron chi connectivity index (χ0n) is 10.1. The highest BCUT2D eigenvalue weighted by Gasteiger charge is 1.97. The summed E-state index contributed by atoms with van der Waals surface area (Å²) in [6.07, 6.45) is 0. The van der Waals surface area contributed by atoms with Gasteiger partial charge < -0.3 is 20.4 Å². The van der Waals surface area contributed by atoms with E-state index in [0.717, 1.165) is 39.3 Å². The molecule has 4 heteroatoms. The summed E-state index contributed by atoms with van der Waals surface area (Å²) < 4.78 is 0. The standard InChI is InChI=1S/C10H26N4/c1-11-5-6-12-7-8-14(4)10-9-13(2)3/h11-12H,5-10H2,1-4H3. The Morgan fingerprint density at radius 2 is 1.57 bits per heavy atom. The molecule has 0 aromatic rings. The lowest BCUT2D eigenvalue weighted by Gasteiger charge is -2.19. The summed E-state index contributed by atoms with van der Waals surface area (Å²) in [7, 11) is 8.37. The predicted octanol–water partition coefficient (Wildman–Crippen LogP) is -0.711. The highest BCUT2D eigenvalue weighted by molar-refractivity contribution is 4.57. The molecule has 0 saturated carbocycles. The minimum absolute atomic E-state index is 1.04. The highest BCUT2D eigenvalue weighted by atomic mass is 15.2. The first kappa shape index (κ1) is 13.8. The van der Waals surface area contributed by atoms with Crippen LogP contribution in [0.1, 0.15) is 0 Å². The van der Waals surface area contributed by atoms with Gasteiger partial charge in [-0.15, -0.1) is 0 Å². The number of nitrogens with one attached hydrogen (secondary N) is 2. The summed E-state index contributed by atoms with van der Waals surface area (Å²) in [4.78, 5) is 4.57. The van der Waals surface area contributed by atoms with E-state index >= 15 is 0 Å². The average Bonchev–Trinajstić information content (AvgIpc) is 2.14. The predicted molar refractivity (Wildman–Crippen MR) is 62.8 cm³/mol. The van der Waals surface area contributed by atoms with Crippen molar-refractivity contribution < 1.29 is 0 Å². The lowest BCUT2D eigenvalue weighted by atomic mass is 10.4. The Kier molecular flexibility index (Phi) is 9.29. The smallest absolute Gasteiger partial charge is 0.0107 e. The van der Waals surface area contributed by atoms with Crippen molar-refractivity contribution in [2.24, 2.45) is 0 Å².